The van der Waals surface area contributed by atoms with E-state index in [2.05, 4.69) is 0 Å². The summed E-state index contributed by atoms with van der Waals surface area (Å²) in [4.78, 5) is 12.5. The average Bonchev–Trinajstić information content (AvgIpc) is 2.40. The van der Waals surface area contributed by atoms with Gasteiger partial charge in [-0.3, -0.25) is 4.79 Å². The highest BCUT2D eigenvalue weighted by atomic mass is 16.5. The molecule has 22 heavy (non-hydrogen) atoms. The van der Waals surface area contributed by atoms with E-state index in [9.17, 15) is 25.2 Å². The van der Waals surface area contributed by atoms with Crippen LogP contribution in [0.5, 0.6) is 28.7 Å². The van der Waals surface area contributed by atoms with Crippen LogP contribution in [0.3, 0.4) is 0 Å². The van der Waals surface area contributed by atoms with Crippen LogP contribution >= 0.6 is 0 Å². The van der Waals surface area contributed by atoms with E-state index in [1.165, 1.54) is 24.3 Å². The number of carbonyl (C=O) groups is 1. The lowest BCUT2D eigenvalue weighted by Gasteiger charge is -2.31. The number of phenols is 4. The molecule has 2 atom stereocenters. The van der Waals surface area contributed by atoms with Gasteiger partial charge in [-0.05, 0) is 12.1 Å². The summed E-state index contributed by atoms with van der Waals surface area (Å²) in [6, 6.07) is 6.27. The second kappa shape index (κ2) is 4.84. The van der Waals surface area contributed by atoms with Crippen molar-refractivity contribution in [2.24, 2.45) is 5.92 Å². The highest BCUT2D eigenvalue weighted by Gasteiger charge is 2.37. The number of ketones is 1. The summed E-state index contributed by atoms with van der Waals surface area (Å²) in [5.41, 5.74) is 0.442. The largest absolute Gasteiger partial charge is 0.508 e. The van der Waals surface area contributed by atoms with Crippen molar-refractivity contribution in [1.82, 2.24) is 0 Å². The van der Waals surface area contributed by atoms with Gasteiger partial charge in [0.1, 0.15) is 40.4 Å². The topological polar surface area (TPSA) is 107 Å². The number of hydrogen-bond donors (Lipinski definition) is 4. The molecule has 1 heterocycles. The van der Waals surface area contributed by atoms with E-state index in [4.69, 9.17) is 4.74 Å². The second-order valence-electron chi connectivity index (χ2n) is 5.31. The minimum atomic E-state index is -0.751. The van der Waals surface area contributed by atoms with Gasteiger partial charge < -0.3 is 25.2 Å². The molecule has 1 aliphatic heterocycles. The van der Waals surface area contributed by atoms with E-state index in [1.807, 2.05) is 0 Å². The molecule has 0 spiro atoms. The van der Waals surface area contributed by atoms with Gasteiger partial charge in [-0.15, -0.1) is 0 Å². The van der Waals surface area contributed by atoms with Crippen LogP contribution in [0.15, 0.2) is 30.3 Å². The Hall–Kier alpha value is -2.89. The molecule has 0 radical (unpaired) electrons. The third-order valence-electron chi connectivity index (χ3n) is 3.69. The van der Waals surface area contributed by atoms with E-state index in [1.54, 1.807) is 6.92 Å². The molecule has 3 rings (SSSR count). The quantitative estimate of drug-likeness (QED) is 0.644. The third kappa shape index (κ3) is 2.18. The fourth-order valence-corrected chi connectivity index (χ4v) is 2.67. The number of aromatic hydroxyl groups is 4. The molecule has 6 heteroatoms. The zero-order valence-corrected chi connectivity index (χ0v) is 11.6. The van der Waals surface area contributed by atoms with Gasteiger partial charge in [-0.25, -0.2) is 0 Å². The molecule has 6 nitrogen and oxygen atoms in total. The maximum absolute atomic E-state index is 12.5. The van der Waals surface area contributed by atoms with Crippen molar-refractivity contribution in [3.8, 4) is 28.7 Å². The fraction of sp³-hybridized carbons (Fsp3) is 0.188. The fourth-order valence-electron chi connectivity index (χ4n) is 2.67. The number of hydrogen-bond acceptors (Lipinski definition) is 6. The van der Waals surface area contributed by atoms with Gasteiger partial charge in [0.15, 0.2) is 5.78 Å². The van der Waals surface area contributed by atoms with E-state index in [0.717, 1.165) is 6.07 Å². The average molecular weight is 302 g/mol. The first-order valence-corrected chi connectivity index (χ1v) is 6.66. The van der Waals surface area contributed by atoms with Crippen LogP contribution in [0.1, 0.15) is 28.9 Å². The van der Waals surface area contributed by atoms with Crippen molar-refractivity contribution < 1.29 is 30.0 Å². The Labute approximate surface area is 125 Å². The highest BCUT2D eigenvalue weighted by Crippen LogP contribution is 2.44. The second-order valence-corrected chi connectivity index (χ2v) is 5.31. The number of benzene rings is 2. The number of fused-ring (bicyclic) bond motifs is 1. The molecule has 0 aromatic heterocycles. The monoisotopic (exact) mass is 302 g/mol. The van der Waals surface area contributed by atoms with Crippen LogP contribution in [-0.2, 0) is 0 Å². The molecule has 0 saturated carbocycles. The maximum atomic E-state index is 12.5. The molecule has 0 bridgehead atoms. The number of ether oxygens (including phenoxy) is 1. The van der Waals surface area contributed by atoms with Crippen LogP contribution < -0.4 is 4.74 Å². The van der Waals surface area contributed by atoms with Crippen molar-refractivity contribution in [3.05, 3.63) is 41.5 Å². The third-order valence-corrected chi connectivity index (χ3v) is 3.69. The Bertz CT molecular complexity index is 747. The van der Waals surface area contributed by atoms with Gasteiger partial charge in [0.25, 0.3) is 0 Å². The summed E-state index contributed by atoms with van der Waals surface area (Å²) in [6.45, 7) is 1.63. The summed E-state index contributed by atoms with van der Waals surface area (Å²) < 4.78 is 5.71. The number of Topliss-reactive ketones (excluding diaryl/α,β-unsaturated/α-hetero) is 1. The normalized spacial score (nSPS) is 20.3. The highest BCUT2D eigenvalue weighted by molar-refractivity contribution is 6.04. The first kappa shape index (κ1) is 14.1. The van der Waals surface area contributed by atoms with Gasteiger partial charge in [-0.2, -0.15) is 0 Å². The predicted molar refractivity (Wildman–Crippen MR) is 76.4 cm³/mol. The summed E-state index contributed by atoms with van der Waals surface area (Å²) in [5.74, 6) is -1.78. The summed E-state index contributed by atoms with van der Waals surface area (Å²) in [6.07, 6.45) is -0.751. The van der Waals surface area contributed by atoms with Gasteiger partial charge >= 0.3 is 0 Å². The Morgan fingerprint density at radius 2 is 1.50 bits per heavy atom. The van der Waals surface area contributed by atoms with E-state index < -0.39 is 12.0 Å². The minimum absolute atomic E-state index is 0.0194. The Balaban J connectivity index is 2.10. The van der Waals surface area contributed by atoms with Crippen molar-refractivity contribution in [1.29, 1.82) is 0 Å². The van der Waals surface area contributed by atoms with E-state index >= 15 is 0 Å². The number of rotatable bonds is 1. The van der Waals surface area contributed by atoms with Crippen LogP contribution in [0.2, 0.25) is 0 Å². The molecular weight excluding hydrogens is 288 g/mol. The number of phenolic OH excluding ortho intramolecular Hbond substituents is 4. The zero-order valence-electron chi connectivity index (χ0n) is 11.6. The molecule has 0 unspecified atom stereocenters. The van der Waals surface area contributed by atoms with Gasteiger partial charge in [0, 0.05) is 23.8 Å². The molecule has 2 aromatic carbocycles. The lowest BCUT2D eigenvalue weighted by Crippen LogP contribution is -2.29. The first-order valence-electron chi connectivity index (χ1n) is 6.66. The SMILES string of the molecule is C[C@@H]1C(=O)c2c(O)cc(O)cc2O[C@@H]1c1cc(O)cc(O)c1. The molecule has 0 saturated heterocycles. The Morgan fingerprint density at radius 1 is 0.909 bits per heavy atom. The van der Waals surface area contributed by atoms with Crippen molar-refractivity contribution in [2.75, 3.05) is 0 Å². The molecule has 0 amide bonds. The summed E-state index contributed by atoms with van der Waals surface area (Å²) in [7, 11) is 0. The maximum Gasteiger partial charge on any atom is 0.177 e. The molecule has 114 valence electrons. The number of carbonyl (C=O) groups excluding carboxylic acids is 1. The van der Waals surface area contributed by atoms with Gasteiger partial charge in [0.2, 0.25) is 0 Å². The van der Waals surface area contributed by atoms with Crippen molar-refractivity contribution in [3.63, 3.8) is 0 Å². The van der Waals surface area contributed by atoms with E-state index in [-0.39, 0.29) is 40.1 Å². The first-order chi connectivity index (χ1) is 10.4. The molecule has 0 aliphatic carbocycles. The minimum Gasteiger partial charge on any atom is -0.508 e. The summed E-state index contributed by atoms with van der Waals surface area (Å²) >= 11 is 0. The smallest absolute Gasteiger partial charge is 0.177 e. The van der Waals surface area contributed by atoms with E-state index in [0.29, 0.717) is 5.56 Å². The Kier molecular flexibility index (Phi) is 3.09. The standard InChI is InChI=1S/C16H14O6/c1-7-15(21)14-12(20)5-11(19)6-13(14)22-16(7)8-2-9(17)4-10(18)3-8/h2-7,16-20H,1H3/t7-,16+/m1/s1. The van der Waals surface area contributed by atoms with Crippen LogP contribution in [0, 0.1) is 5.92 Å². The van der Waals surface area contributed by atoms with Crippen molar-refractivity contribution >= 4 is 5.78 Å². The molecule has 0 fully saturated rings. The Morgan fingerprint density at radius 3 is 2.14 bits per heavy atom. The molecule has 2 aromatic rings. The van der Waals surface area contributed by atoms with Crippen LogP contribution in [0.25, 0.3) is 0 Å². The van der Waals surface area contributed by atoms with Gasteiger partial charge in [-0.1, -0.05) is 6.92 Å². The molecule has 1 aliphatic rings. The molecular formula is C16H14O6. The lowest BCUT2D eigenvalue weighted by atomic mass is 9.86. The summed E-state index contributed by atoms with van der Waals surface area (Å²) in [5, 5.41) is 38.5. The molecule has 4 N–H and O–H groups in total. The van der Waals surface area contributed by atoms with Gasteiger partial charge in [0.05, 0.1) is 5.92 Å². The predicted octanol–water partition coefficient (Wildman–Crippen LogP) is 2.46. The van der Waals surface area contributed by atoms with Crippen LogP contribution in [-0.4, -0.2) is 26.2 Å². The van der Waals surface area contributed by atoms with Crippen molar-refractivity contribution in [2.45, 2.75) is 13.0 Å². The lowest BCUT2D eigenvalue weighted by molar-refractivity contribution is 0.0683. The zero-order chi connectivity index (χ0) is 16.0. The van der Waals surface area contributed by atoms with Crippen LogP contribution in [0.4, 0.5) is 0 Å².